The molecular weight excluding hydrogens is 196 g/mol. The monoisotopic (exact) mass is 212 g/mol. The van der Waals surface area contributed by atoms with E-state index in [1.165, 1.54) is 43.4 Å². The van der Waals surface area contributed by atoms with Crippen LogP contribution in [-0.4, -0.2) is 6.04 Å². The summed E-state index contributed by atoms with van der Waals surface area (Å²) in [7, 11) is 0. The average Bonchev–Trinajstić information content (AvgIpc) is 2.50. The Labute approximate surface area is 96.3 Å². The maximum Gasteiger partial charge on any atom is 0.0991 e. The van der Waals surface area contributed by atoms with Crippen LogP contribution < -0.4 is 5.32 Å². The fourth-order valence-corrected chi connectivity index (χ4v) is 3.12. The van der Waals surface area contributed by atoms with Crippen molar-refractivity contribution < 1.29 is 0 Å². The van der Waals surface area contributed by atoms with Crippen molar-refractivity contribution in [3.63, 3.8) is 0 Å². The predicted molar refractivity (Wildman–Crippen MR) is 64.4 cm³/mol. The molecule has 0 aromatic heterocycles. The van der Waals surface area contributed by atoms with Crippen LogP contribution in [0.25, 0.3) is 0 Å². The molecule has 82 valence electrons. The average molecular weight is 212 g/mol. The SMILES string of the molecule is N#Cc1ccc2c(c1)C1CCCCCC1N2. The first-order valence-corrected chi connectivity index (χ1v) is 6.19. The zero-order valence-electron chi connectivity index (χ0n) is 9.37. The van der Waals surface area contributed by atoms with Crippen LogP contribution in [0.15, 0.2) is 18.2 Å². The Kier molecular flexibility index (Phi) is 2.32. The summed E-state index contributed by atoms with van der Waals surface area (Å²) in [6, 6.07) is 8.92. The minimum absolute atomic E-state index is 0.617. The molecule has 2 aliphatic rings. The summed E-state index contributed by atoms with van der Waals surface area (Å²) in [5, 5.41) is 12.6. The quantitative estimate of drug-likeness (QED) is 0.715. The van der Waals surface area contributed by atoms with Crippen molar-refractivity contribution in [2.45, 2.75) is 44.1 Å². The molecule has 1 aromatic carbocycles. The van der Waals surface area contributed by atoms with Gasteiger partial charge in [-0.1, -0.05) is 19.3 Å². The summed E-state index contributed by atoms with van der Waals surface area (Å²) in [4.78, 5) is 0. The van der Waals surface area contributed by atoms with Gasteiger partial charge in [0.1, 0.15) is 0 Å². The lowest BCUT2D eigenvalue weighted by atomic mass is 9.90. The number of nitrogens with one attached hydrogen (secondary N) is 1. The fraction of sp³-hybridized carbons (Fsp3) is 0.500. The van der Waals surface area contributed by atoms with Crippen LogP contribution in [0.3, 0.4) is 0 Å². The van der Waals surface area contributed by atoms with Crippen LogP contribution in [0.1, 0.15) is 49.1 Å². The van der Waals surface area contributed by atoms with Crippen molar-refractivity contribution in [1.29, 1.82) is 5.26 Å². The summed E-state index contributed by atoms with van der Waals surface area (Å²) >= 11 is 0. The van der Waals surface area contributed by atoms with Crippen LogP contribution in [0, 0.1) is 11.3 Å². The first kappa shape index (κ1) is 9.72. The molecule has 0 bridgehead atoms. The number of hydrogen-bond acceptors (Lipinski definition) is 2. The van der Waals surface area contributed by atoms with E-state index < -0.39 is 0 Å². The van der Waals surface area contributed by atoms with E-state index in [9.17, 15) is 0 Å². The number of benzene rings is 1. The van der Waals surface area contributed by atoms with Crippen molar-refractivity contribution in [3.8, 4) is 6.07 Å². The summed E-state index contributed by atoms with van der Waals surface area (Å²) in [6.45, 7) is 0. The second kappa shape index (κ2) is 3.83. The second-order valence-electron chi connectivity index (χ2n) is 4.91. The third-order valence-corrected chi connectivity index (χ3v) is 3.94. The molecule has 1 saturated carbocycles. The maximum atomic E-state index is 8.95. The predicted octanol–water partition coefficient (Wildman–Crippen LogP) is 3.40. The summed E-state index contributed by atoms with van der Waals surface area (Å²) < 4.78 is 0. The molecule has 2 atom stereocenters. The Balaban J connectivity index is 1.99. The van der Waals surface area contributed by atoms with E-state index in [-0.39, 0.29) is 0 Å². The highest BCUT2D eigenvalue weighted by atomic mass is 15.0. The first-order chi connectivity index (χ1) is 7.88. The topological polar surface area (TPSA) is 35.8 Å². The summed E-state index contributed by atoms with van der Waals surface area (Å²) in [6.07, 6.45) is 6.59. The largest absolute Gasteiger partial charge is 0.381 e. The minimum Gasteiger partial charge on any atom is -0.381 e. The molecule has 2 heteroatoms. The van der Waals surface area contributed by atoms with E-state index in [2.05, 4.69) is 23.5 Å². The van der Waals surface area contributed by atoms with E-state index >= 15 is 0 Å². The number of fused-ring (bicyclic) bond motifs is 3. The van der Waals surface area contributed by atoms with E-state index in [4.69, 9.17) is 5.26 Å². The van der Waals surface area contributed by atoms with Gasteiger partial charge in [-0.2, -0.15) is 5.26 Å². The number of rotatable bonds is 0. The van der Waals surface area contributed by atoms with Crippen LogP contribution in [0.4, 0.5) is 5.69 Å². The van der Waals surface area contributed by atoms with Gasteiger partial charge in [0, 0.05) is 17.6 Å². The van der Waals surface area contributed by atoms with Crippen molar-refractivity contribution in [2.75, 3.05) is 5.32 Å². The standard InChI is InChI=1S/C14H16N2/c15-9-10-6-7-14-12(8-10)11-4-2-1-3-5-13(11)16-14/h6-8,11,13,16H,1-5H2. The van der Waals surface area contributed by atoms with E-state index in [0.29, 0.717) is 12.0 Å². The Hall–Kier alpha value is -1.49. The lowest BCUT2D eigenvalue weighted by molar-refractivity contribution is 0.562. The molecule has 1 aromatic rings. The van der Waals surface area contributed by atoms with Gasteiger partial charge in [-0.3, -0.25) is 0 Å². The molecule has 2 unspecified atom stereocenters. The minimum atomic E-state index is 0.617. The first-order valence-electron chi connectivity index (χ1n) is 6.19. The third kappa shape index (κ3) is 1.48. The van der Waals surface area contributed by atoms with Crippen molar-refractivity contribution in [2.24, 2.45) is 0 Å². The van der Waals surface area contributed by atoms with E-state index in [0.717, 1.165) is 5.56 Å². The zero-order valence-corrected chi connectivity index (χ0v) is 9.37. The summed E-state index contributed by atoms with van der Waals surface area (Å²) in [5.41, 5.74) is 3.44. The third-order valence-electron chi connectivity index (χ3n) is 3.94. The summed E-state index contributed by atoms with van der Waals surface area (Å²) in [5.74, 6) is 0.644. The molecule has 0 spiro atoms. The number of nitrogens with zero attached hydrogens (tertiary/aromatic N) is 1. The molecule has 0 radical (unpaired) electrons. The van der Waals surface area contributed by atoms with Gasteiger partial charge in [0.25, 0.3) is 0 Å². The zero-order chi connectivity index (χ0) is 11.0. The van der Waals surface area contributed by atoms with Gasteiger partial charge in [0.2, 0.25) is 0 Å². The highest BCUT2D eigenvalue weighted by Gasteiger charge is 2.32. The highest BCUT2D eigenvalue weighted by Crippen LogP contribution is 2.42. The van der Waals surface area contributed by atoms with Crippen molar-refractivity contribution in [1.82, 2.24) is 0 Å². The molecule has 1 heterocycles. The molecule has 0 amide bonds. The molecule has 1 aliphatic carbocycles. The number of nitriles is 1. The van der Waals surface area contributed by atoms with Crippen LogP contribution in [-0.2, 0) is 0 Å². The van der Waals surface area contributed by atoms with Gasteiger partial charge in [-0.15, -0.1) is 0 Å². The normalized spacial score (nSPS) is 27.2. The van der Waals surface area contributed by atoms with E-state index in [1.54, 1.807) is 0 Å². The lowest BCUT2D eigenvalue weighted by Crippen LogP contribution is -2.18. The van der Waals surface area contributed by atoms with Gasteiger partial charge < -0.3 is 5.32 Å². The molecule has 2 nitrogen and oxygen atoms in total. The van der Waals surface area contributed by atoms with Crippen LogP contribution in [0.5, 0.6) is 0 Å². The molecule has 16 heavy (non-hydrogen) atoms. The maximum absolute atomic E-state index is 8.95. The Morgan fingerprint density at radius 1 is 1.19 bits per heavy atom. The number of hydrogen-bond donors (Lipinski definition) is 1. The second-order valence-corrected chi connectivity index (χ2v) is 4.91. The molecular formula is C14H16N2. The molecule has 0 saturated heterocycles. The smallest absolute Gasteiger partial charge is 0.0991 e. The molecule has 1 aliphatic heterocycles. The van der Waals surface area contributed by atoms with Gasteiger partial charge in [-0.25, -0.2) is 0 Å². The molecule has 1 fully saturated rings. The lowest BCUT2D eigenvalue weighted by Gasteiger charge is -2.16. The van der Waals surface area contributed by atoms with Crippen LogP contribution in [0.2, 0.25) is 0 Å². The molecule has 3 rings (SSSR count). The van der Waals surface area contributed by atoms with Crippen molar-refractivity contribution in [3.05, 3.63) is 29.3 Å². The number of anilines is 1. The Morgan fingerprint density at radius 3 is 2.94 bits per heavy atom. The van der Waals surface area contributed by atoms with Crippen LogP contribution >= 0.6 is 0 Å². The Morgan fingerprint density at radius 2 is 2.06 bits per heavy atom. The highest BCUT2D eigenvalue weighted by molar-refractivity contribution is 5.61. The van der Waals surface area contributed by atoms with E-state index in [1.807, 2.05) is 6.07 Å². The van der Waals surface area contributed by atoms with Gasteiger partial charge in [0.15, 0.2) is 0 Å². The molecule has 1 N–H and O–H groups in total. The fourth-order valence-electron chi connectivity index (χ4n) is 3.12. The van der Waals surface area contributed by atoms with Gasteiger partial charge >= 0.3 is 0 Å². The van der Waals surface area contributed by atoms with Gasteiger partial charge in [-0.05, 0) is 36.6 Å². The Bertz CT molecular complexity index is 445. The van der Waals surface area contributed by atoms with Gasteiger partial charge in [0.05, 0.1) is 11.6 Å². The van der Waals surface area contributed by atoms with Crippen molar-refractivity contribution >= 4 is 5.69 Å².